The maximum atomic E-state index is 11.4. The van der Waals surface area contributed by atoms with Crippen LogP contribution in [0.15, 0.2) is 11.6 Å². The Labute approximate surface area is 82.0 Å². The average Bonchev–Trinajstić information content (AvgIpc) is 2.51. The van der Waals surface area contributed by atoms with Crippen LogP contribution >= 0.6 is 0 Å². The molecule has 14 heavy (non-hydrogen) atoms. The van der Waals surface area contributed by atoms with Gasteiger partial charge in [-0.2, -0.15) is 0 Å². The molecule has 2 atom stereocenters. The van der Waals surface area contributed by atoms with Gasteiger partial charge >= 0.3 is 0 Å². The molecule has 0 saturated carbocycles. The lowest BCUT2D eigenvalue weighted by Crippen LogP contribution is -2.30. The Morgan fingerprint density at radius 3 is 2.64 bits per heavy atom. The van der Waals surface area contributed by atoms with E-state index in [9.17, 15) is 9.59 Å². The van der Waals surface area contributed by atoms with Crippen LogP contribution in [0.25, 0.3) is 0 Å². The van der Waals surface area contributed by atoms with Crippen LogP contribution in [0.1, 0.15) is 13.3 Å². The van der Waals surface area contributed by atoms with Crippen molar-refractivity contribution in [3.05, 3.63) is 11.6 Å². The van der Waals surface area contributed by atoms with Crippen LogP contribution in [0.2, 0.25) is 0 Å². The number of carbonyl (C=O) groups is 2. The van der Waals surface area contributed by atoms with Crippen molar-refractivity contribution in [1.29, 1.82) is 0 Å². The van der Waals surface area contributed by atoms with Gasteiger partial charge < -0.3 is 16.2 Å². The summed E-state index contributed by atoms with van der Waals surface area (Å²) < 4.78 is 0. The number of β-amino-alcohol motifs (C(OH)–C–C–N with tert-alkyl or cyclic N) is 1. The average molecular weight is 198 g/mol. The topological polar surface area (TPSA) is 92.4 Å². The minimum atomic E-state index is -0.600. The second kappa shape index (κ2) is 4.34. The molecular formula is C9H14N2O3. The van der Waals surface area contributed by atoms with E-state index in [1.807, 2.05) is 0 Å². The Morgan fingerprint density at radius 2 is 2.21 bits per heavy atom. The predicted molar refractivity (Wildman–Crippen MR) is 50.4 cm³/mol. The van der Waals surface area contributed by atoms with Crippen molar-refractivity contribution in [2.24, 2.45) is 5.73 Å². The molecule has 0 spiro atoms. The van der Waals surface area contributed by atoms with Gasteiger partial charge in [-0.1, -0.05) is 0 Å². The van der Waals surface area contributed by atoms with Crippen molar-refractivity contribution >= 4 is 11.7 Å². The fraction of sp³-hybridized carbons (Fsp3) is 0.556. The largest absolute Gasteiger partial charge is 0.392 e. The predicted octanol–water partition coefficient (Wildman–Crippen LogP) is -1.29. The lowest BCUT2D eigenvalue weighted by atomic mass is 10.1. The van der Waals surface area contributed by atoms with Crippen LogP contribution < -0.4 is 11.1 Å². The molecule has 0 aromatic heterocycles. The molecule has 0 unspecified atom stereocenters. The number of aliphatic hydroxyl groups excluding tert-OH is 1. The third-order valence-electron chi connectivity index (χ3n) is 2.20. The van der Waals surface area contributed by atoms with Gasteiger partial charge in [0.1, 0.15) is 0 Å². The lowest BCUT2D eigenvalue weighted by Gasteiger charge is -2.04. The van der Waals surface area contributed by atoms with Gasteiger partial charge in [0.05, 0.1) is 12.1 Å². The zero-order chi connectivity index (χ0) is 10.7. The monoisotopic (exact) mass is 198 g/mol. The molecule has 0 aromatic carbocycles. The van der Waals surface area contributed by atoms with Gasteiger partial charge in [0.25, 0.3) is 0 Å². The lowest BCUT2D eigenvalue weighted by molar-refractivity contribution is -0.118. The van der Waals surface area contributed by atoms with Gasteiger partial charge in [0.2, 0.25) is 5.91 Å². The molecule has 0 aromatic rings. The van der Waals surface area contributed by atoms with E-state index in [4.69, 9.17) is 10.8 Å². The van der Waals surface area contributed by atoms with E-state index in [-0.39, 0.29) is 17.4 Å². The highest BCUT2D eigenvalue weighted by atomic mass is 16.3. The van der Waals surface area contributed by atoms with E-state index in [1.54, 1.807) is 0 Å². The summed E-state index contributed by atoms with van der Waals surface area (Å²) in [6, 6.07) is -0.390. The first-order valence-corrected chi connectivity index (χ1v) is 4.44. The molecule has 1 aliphatic rings. The molecule has 0 radical (unpaired) electrons. The van der Waals surface area contributed by atoms with Crippen LogP contribution in [0.5, 0.6) is 0 Å². The van der Waals surface area contributed by atoms with Crippen LogP contribution in [-0.2, 0) is 9.59 Å². The van der Waals surface area contributed by atoms with E-state index in [0.29, 0.717) is 13.0 Å². The van der Waals surface area contributed by atoms with Gasteiger partial charge in [-0.25, -0.2) is 0 Å². The quantitative estimate of drug-likeness (QED) is 0.492. The van der Waals surface area contributed by atoms with Gasteiger partial charge in [-0.05, 0) is 19.4 Å². The summed E-state index contributed by atoms with van der Waals surface area (Å²) in [6.07, 6.45) is 1.13. The highest BCUT2D eigenvalue weighted by molar-refractivity contribution is 6.02. The highest BCUT2D eigenvalue weighted by Crippen LogP contribution is 2.08. The fourth-order valence-electron chi connectivity index (χ4n) is 1.32. The number of amides is 1. The van der Waals surface area contributed by atoms with Gasteiger partial charge in [0.15, 0.2) is 5.78 Å². The Balaban J connectivity index is 2.58. The SMILES string of the molecule is CC(=CC(=O)[C@@H]1C[C@@H](O)CN1)C(N)=O. The van der Waals surface area contributed by atoms with E-state index in [2.05, 4.69) is 5.32 Å². The summed E-state index contributed by atoms with van der Waals surface area (Å²) in [5, 5.41) is 12.0. The fourth-order valence-corrected chi connectivity index (χ4v) is 1.32. The van der Waals surface area contributed by atoms with Crippen molar-refractivity contribution in [3.8, 4) is 0 Å². The highest BCUT2D eigenvalue weighted by Gasteiger charge is 2.26. The number of rotatable bonds is 3. The number of aliphatic hydroxyl groups is 1. The molecule has 1 aliphatic heterocycles. The van der Waals surface area contributed by atoms with E-state index in [1.165, 1.54) is 13.0 Å². The second-order valence-electron chi connectivity index (χ2n) is 3.44. The summed E-state index contributed by atoms with van der Waals surface area (Å²) in [4.78, 5) is 22.1. The molecule has 1 saturated heterocycles. The number of carbonyl (C=O) groups excluding carboxylic acids is 2. The molecule has 5 nitrogen and oxygen atoms in total. The number of hydrogen-bond donors (Lipinski definition) is 3. The summed E-state index contributed by atoms with van der Waals surface area (Å²) in [5.74, 6) is -0.810. The molecule has 78 valence electrons. The molecular weight excluding hydrogens is 184 g/mol. The Morgan fingerprint density at radius 1 is 1.57 bits per heavy atom. The van der Waals surface area contributed by atoms with Gasteiger partial charge in [-0.3, -0.25) is 9.59 Å². The van der Waals surface area contributed by atoms with Gasteiger partial charge in [0, 0.05) is 12.1 Å². The van der Waals surface area contributed by atoms with Crippen molar-refractivity contribution in [1.82, 2.24) is 5.32 Å². The Kier molecular flexibility index (Phi) is 3.38. The first-order chi connectivity index (χ1) is 6.50. The molecule has 1 rings (SSSR count). The summed E-state index contributed by atoms with van der Waals surface area (Å²) in [7, 11) is 0. The molecule has 0 aliphatic carbocycles. The molecule has 1 fully saturated rings. The van der Waals surface area contributed by atoms with Crippen LogP contribution in [0.3, 0.4) is 0 Å². The van der Waals surface area contributed by atoms with Crippen molar-refractivity contribution in [2.45, 2.75) is 25.5 Å². The van der Waals surface area contributed by atoms with E-state index >= 15 is 0 Å². The number of ketones is 1. The maximum Gasteiger partial charge on any atom is 0.244 e. The third-order valence-corrected chi connectivity index (χ3v) is 2.20. The van der Waals surface area contributed by atoms with E-state index in [0.717, 1.165) is 0 Å². The Bertz CT molecular complexity index is 286. The van der Waals surface area contributed by atoms with Crippen molar-refractivity contribution in [3.63, 3.8) is 0 Å². The zero-order valence-corrected chi connectivity index (χ0v) is 7.99. The van der Waals surface area contributed by atoms with E-state index < -0.39 is 12.0 Å². The number of nitrogens with one attached hydrogen (secondary N) is 1. The molecule has 0 bridgehead atoms. The van der Waals surface area contributed by atoms with Crippen molar-refractivity contribution < 1.29 is 14.7 Å². The zero-order valence-electron chi connectivity index (χ0n) is 7.99. The number of hydrogen-bond acceptors (Lipinski definition) is 4. The molecule has 1 amide bonds. The third kappa shape index (κ3) is 2.65. The maximum absolute atomic E-state index is 11.4. The van der Waals surface area contributed by atoms with Crippen molar-refractivity contribution in [2.75, 3.05) is 6.54 Å². The summed E-state index contributed by atoms with van der Waals surface area (Å²) >= 11 is 0. The number of primary amides is 1. The van der Waals surface area contributed by atoms with Crippen LogP contribution in [0, 0.1) is 0 Å². The minimum absolute atomic E-state index is 0.210. The minimum Gasteiger partial charge on any atom is -0.392 e. The normalized spacial score (nSPS) is 27.7. The summed E-state index contributed by atoms with van der Waals surface area (Å²) in [5.41, 5.74) is 5.22. The van der Waals surface area contributed by atoms with Crippen LogP contribution in [-0.4, -0.2) is 35.5 Å². The van der Waals surface area contributed by atoms with Crippen LogP contribution in [0.4, 0.5) is 0 Å². The first kappa shape index (κ1) is 10.9. The standard InChI is InChI=1S/C9H14N2O3/c1-5(9(10)14)2-8(13)7-3-6(12)4-11-7/h2,6-7,11-12H,3-4H2,1H3,(H2,10,14)/t6-,7+/m1/s1. The molecule has 4 N–H and O–H groups in total. The second-order valence-corrected chi connectivity index (χ2v) is 3.44. The Hall–Kier alpha value is -1.20. The number of nitrogens with two attached hydrogens (primary N) is 1. The molecule has 1 heterocycles. The smallest absolute Gasteiger partial charge is 0.244 e. The summed E-state index contributed by atoms with van der Waals surface area (Å²) in [6.45, 7) is 1.91. The van der Waals surface area contributed by atoms with Gasteiger partial charge in [-0.15, -0.1) is 0 Å². The molecule has 5 heteroatoms. The first-order valence-electron chi connectivity index (χ1n) is 4.44.